The highest BCUT2D eigenvalue weighted by Gasteiger charge is 2.40. The number of hydrogen-bond acceptors (Lipinski definition) is 4. The summed E-state index contributed by atoms with van der Waals surface area (Å²) in [5.41, 5.74) is -0.498. The first-order valence-corrected chi connectivity index (χ1v) is 5.78. The molecule has 1 aromatic rings. The van der Waals surface area contributed by atoms with Gasteiger partial charge in [0.2, 0.25) is 6.08 Å². The molecule has 0 heterocycles. The van der Waals surface area contributed by atoms with Crippen LogP contribution in [0.1, 0.15) is 31.2 Å². The maximum absolute atomic E-state index is 10.6. The number of isocyanates is 1. The third-order valence-corrected chi connectivity index (χ3v) is 3.58. The van der Waals surface area contributed by atoms with Crippen molar-refractivity contribution in [2.24, 2.45) is 4.99 Å². The molecule has 2 rings (SSSR count). The Balaban J connectivity index is 2.65. The van der Waals surface area contributed by atoms with Crippen molar-refractivity contribution in [3.63, 3.8) is 0 Å². The van der Waals surface area contributed by atoms with Crippen molar-refractivity contribution in [1.29, 1.82) is 0 Å². The van der Waals surface area contributed by atoms with Crippen LogP contribution in [0.25, 0.3) is 0 Å². The summed E-state index contributed by atoms with van der Waals surface area (Å²) < 4.78 is 0. The summed E-state index contributed by atoms with van der Waals surface area (Å²) in [6.45, 7) is 0. The van der Waals surface area contributed by atoms with Crippen molar-refractivity contribution in [3.8, 4) is 11.5 Å². The van der Waals surface area contributed by atoms with E-state index in [0.717, 1.165) is 12.8 Å². The van der Waals surface area contributed by atoms with Gasteiger partial charge in [0.05, 0.1) is 5.02 Å². The average molecular weight is 254 g/mol. The smallest absolute Gasteiger partial charge is 0.235 e. The lowest BCUT2D eigenvalue weighted by Gasteiger charge is -2.25. The minimum atomic E-state index is -0.832. The summed E-state index contributed by atoms with van der Waals surface area (Å²) in [7, 11) is 0. The van der Waals surface area contributed by atoms with Crippen LogP contribution < -0.4 is 0 Å². The average Bonchev–Trinajstić information content (AvgIpc) is 2.74. The molecule has 0 unspecified atom stereocenters. The van der Waals surface area contributed by atoms with E-state index in [4.69, 9.17) is 11.6 Å². The van der Waals surface area contributed by atoms with E-state index in [9.17, 15) is 15.0 Å². The molecule has 1 saturated carbocycles. The Labute approximate surface area is 104 Å². The molecule has 0 aliphatic heterocycles. The Kier molecular flexibility index (Phi) is 3.09. The van der Waals surface area contributed by atoms with E-state index in [1.54, 1.807) is 6.08 Å². The Bertz CT molecular complexity index is 489. The van der Waals surface area contributed by atoms with Gasteiger partial charge in [-0.1, -0.05) is 24.4 Å². The minimum Gasteiger partial charge on any atom is -0.504 e. The lowest BCUT2D eigenvalue weighted by Crippen LogP contribution is -2.19. The lowest BCUT2D eigenvalue weighted by molar-refractivity contribution is 0.373. The number of halogens is 1. The highest BCUT2D eigenvalue weighted by Crippen LogP contribution is 2.50. The molecule has 5 heteroatoms. The predicted octanol–water partition coefficient (Wildman–Crippen LogP) is 2.86. The molecule has 0 atom stereocenters. The quantitative estimate of drug-likeness (QED) is 0.484. The van der Waals surface area contributed by atoms with E-state index < -0.39 is 5.54 Å². The number of aromatic hydroxyl groups is 2. The predicted molar refractivity (Wildman–Crippen MR) is 63.0 cm³/mol. The van der Waals surface area contributed by atoms with Crippen LogP contribution >= 0.6 is 11.6 Å². The van der Waals surface area contributed by atoms with E-state index in [1.807, 2.05) is 0 Å². The van der Waals surface area contributed by atoms with Crippen LogP contribution in [0.3, 0.4) is 0 Å². The molecule has 90 valence electrons. The summed E-state index contributed by atoms with van der Waals surface area (Å²) >= 11 is 6.05. The fraction of sp³-hybridized carbons (Fsp3) is 0.417. The van der Waals surface area contributed by atoms with Crippen molar-refractivity contribution in [3.05, 3.63) is 22.7 Å². The summed E-state index contributed by atoms with van der Waals surface area (Å²) in [6.07, 6.45) is 4.59. The third kappa shape index (κ3) is 1.90. The minimum absolute atomic E-state index is 0.253. The topological polar surface area (TPSA) is 69.9 Å². The van der Waals surface area contributed by atoms with Gasteiger partial charge in [0.15, 0.2) is 11.5 Å². The second-order valence-electron chi connectivity index (χ2n) is 4.23. The largest absolute Gasteiger partial charge is 0.504 e. The maximum atomic E-state index is 10.6. The van der Waals surface area contributed by atoms with Crippen LogP contribution in [0, 0.1) is 0 Å². The third-order valence-electron chi connectivity index (χ3n) is 3.26. The first-order chi connectivity index (χ1) is 8.10. The SMILES string of the molecule is O=C=NC1(c2c(Cl)ccc(O)c2O)CCCC1. The molecule has 1 fully saturated rings. The number of rotatable bonds is 2. The van der Waals surface area contributed by atoms with Gasteiger partial charge in [-0.25, -0.2) is 4.79 Å². The van der Waals surface area contributed by atoms with Crippen LogP contribution in [0.5, 0.6) is 11.5 Å². The normalized spacial score (nSPS) is 17.7. The van der Waals surface area contributed by atoms with Gasteiger partial charge in [0, 0.05) is 5.56 Å². The molecule has 17 heavy (non-hydrogen) atoms. The van der Waals surface area contributed by atoms with Crippen molar-refractivity contribution in [2.45, 2.75) is 31.2 Å². The molecular formula is C12H12ClNO3. The number of carbonyl (C=O) groups excluding carboxylic acids is 1. The van der Waals surface area contributed by atoms with Gasteiger partial charge in [-0.2, -0.15) is 4.99 Å². The van der Waals surface area contributed by atoms with Crippen LogP contribution in [-0.4, -0.2) is 16.3 Å². The number of aliphatic imine (C=N–C) groups is 1. The van der Waals surface area contributed by atoms with Gasteiger partial charge < -0.3 is 10.2 Å². The van der Waals surface area contributed by atoms with Gasteiger partial charge in [-0.3, -0.25) is 0 Å². The zero-order valence-corrected chi connectivity index (χ0v) is 9.87. The van der Waals surface area contributed by atoms with E-state index in [1.165, 1.54) is 12.1 Å². The zero-order valence-electron chi connectivity index (χ0n) is 9.11. The molecule has 0 aromatic heterocycles. The van der Waals surface area contributed by atoms with Crippen LogP contribution in [0.4, 0.5) is 0 Å². The summed E-state index contributed by atoms with van der Waals surface area (Å²) in [5, 5.41) is 19.7. The Morgan fingerprint density at radius 1 is 1.29 bits per heavy atom. The maximum Gasteiger partial charge on any atom is 0.235 e. The van der Waals surface area contributed by atoms with E-state index in [-0.39, 0.29) is 11.5 Å². The second kappa shape index (κ2) is 4.40. The molecule has 0 amide bonds. The van der Waals surface area contributed by atoms with Gasteiger partial charge in [-0.05, 0) is 25.0 Å². The number of benzene rings is 1. The molecule has 2 N–H and O–H groups in total. The highest BCUT2D eigenvalue weighted by molar-refractivity contribution is 6.31. The van der Waals surface area contributed by atoms with Crippen LogP contribution in [0.15, 0.2) is 17.1 Å². The Morgan fingerprint density at radius 3 is 2.53 bits per heavy atom. The lowest BCUT2D eigenvalue weighted by atomic mass is 9.88. The van der Waals surface area contributed by atoms with Crippen molar-refractivity contribution in [2.75, 3.05) is 0 Å². The molecule has 0 bridgehead atoms. The first kappa shape index (κ1) is 12.0. The fourth-order valence-corrected chi connectivity index (χ4v) is 2.79. The summed E-state index contributed by atoms with van der Waals surface area (Å²) in [5.74, 6) is -0.546. The Morgan fingerprint density at radius 2 is 1.94 bits per heavy atom. The number of phenols is 2. The highest BCUT2D eigenvalue weighted by atomic mass is 35.5. The van der Waals surface area contributed by atoms with Crippen LogP contribution in [0.2, 0.25) is 5.02 Å². The van der Waals surface area contributed by atoms with Crippen molar-refractivity contribution >= 4 is 17.7 Å². The molecule has 1 aromatic carbocycles. The zero-order chi connectivity index (χ0) is 12.5. The standard InChI is InChI=1S/C12H12ClNO3/c13-8-3-4-9(16)11(17)10(8)12(14-7-15)5-1-2-6-12/h3-4,16-17H,1-2,5-6H2. The number of phenolic OH excluding ortho intramolecular Hbond substituents is 2. The molecule has 0 radical (unpaired) electrons. The van der Waals surface area contributed by atoms with Crippen LogP contribution in [-0.2, 0) is 10.3 Å². The molecule has 0 saturated heterocycles. The van der Waals surface area contributed by atoms with E-state index in [0.29, 0.717) is 23.4 Å². The second-order valence-corrected chi connectivity index (χ2v) is 4.64. The number of hydrogen-bond donors (Lipinski definition) is 2. The van der Waals surface area contributed by atoms with Gasteiger partial charge in [0.1, 0.15) is 5.54 Å². The van der Waals surface area contributed by atoms with Gasteiger partial charge in [0.25, 0.3) is 0 Å². The molecule has 0 spiro atoms. The summed E-state index contributed by atoms with van der Waals surface area (Å²) in [4.78, 5) is 14.4. The fourth-order valence-electron chi connectivity index (χ4n) is 2.46. The molecule has 1 aliphatic rings. The number of nitrogens with zero attached hydrogens (tertiary/aromatic N) is 1. The molecule has 1 aliphatic carbocycles. The van der Waals surface area contributed by atoms with Gasteiger partial charge in [-0.15, -0.1) is 0 Å². The van der Waals surface area contributed by atoms with E-state index >= 15 is 0 Å². The van der Waals surface area contributed by atoms with Gasteiger partial charge >= 0.3 is 0 Å². The molecule has 4 nitrogen and oxygen atoms in total. The monoisotopic (exact) mass is 253 g/mol. The molecular weight excluding hydrogens is 242 g/mol. The Hall–Kier alpha value is -1.51. The van der Waals surface area contributed by atoms with E-state index in [2.05, 4.69) is 4.99 Å². The van der Waals surface area contributed by atoms with Crippen molar-refractivity contribution < 1.29 is 15.0 Å². The summed E-state index contributed by atoms with van der Waals surface area (Å²) in [6, 6.07) is 2.81. The van der Waals surface area contributed by atoms with Crippen molar-refractivity contribution in [1.82, 2.24) is 0 Å². The first-order valence-electron chi connectivity index (χ1n) is 5.41.